The fourth-order valence-electron chi connectivity index (χ4n) is 1.41. The Bertz CT molecular complexity index is 608. The van der Waals surface area contributed by atoms with Crippen LogP contribution in [0.4, 0.5) is 0 Å². The van der Waals surface area contributed by atoms with Crippen molar-refractivity contribution in [2.45, 2.75) is 20.3 Å². The van der Waals surface area contributed by atoms with E-state index in [-0.39, 0.29) is 17.3 Å². The summed E-state index contributed by atoms with van der Waals surface area (Å²) in [6.07, 6.45) is 0.837. The number of aryl methyl sites for hydroxylation is 1. The molecule has 106 valence electrons. The number of aromatic nitrogens is 3. The van der Waals surface area contributed by atoms with Crippen molar-refractivity contribution in [1.82, 2.24) is 15.0 Å². The molecule has 2 aromatic rings. The van der Waals surface area contributed by atoms with Gasteiger partial charge in [0.05, 0.1) is 11.6 Å². The highest BCUT2D eigenvalue weighted by Gasteiger charge is 2.10. The third-order valence-corrected chi connectivity index (χ3v) is 2.76. The minimum atomic E-state index is 0.00402. The standard InChI is InChI=1S/C13H13Cl2N3O2/c1-3-6-19-12-16-11(15)17-13(18-12)20-10-5-4-8(2)7-9(10)14/h4-5,7H,3,6H2,1-2H3. The molecule has 0 saturated heterocycles. The zero-order valence-corrected chi connectivity index (χ0v) is 12.6. The molecule has 0 spiro atoms. The molecular weight excluding hydrogens is 301 g/mol. The SMILES string of the molecule is CCCOc1nc(Cl)nc(Oc2ccc(C)cc2Cl)n1. The van der Waals surface area contributed by atoms with E-state index in [2.05, 4.69) is 15.0 Å². The smallest absolute Gasteiger partial charge is 0.329 e. The molecule has 0 saturated carbocycles. The molecule has 0 aliphatic carbocycles. The third kappa shape index (κ3) is 3.95. The Hall–Kier alpha value is -1.59. The zero-order chi connectivity index (χ0) is 14.5. The van der Waals surface area contributed by atoms with E-state index in [1.807, 2.05) is 19.9 Å². The van der Waals surface area contributed by atoms with Crippen molar-refractivity contribution < 1.29 is 9.47 Å². The largest absolute Gasteiger partial charge is 0.463 e. The van der Waals surface area contributed by atoms with Gasteiger partial charge in [-0.05, 0) is 42.6 Å². The van der Waals surface area contributed by atoms with Crippen LogP contribution in [0.5, 0.6) is 17.8 Å². The van der Waals surface area contributed by atoms with Gasteiger partial charge in [0.15, 0.2) is 0 Å². The minimum absolute atomic E-state index is 0.00402. The second-order valence-corrected chi connectivity index (χ2v) is 4.80. The fourth-order valence-corrected chi connectivity index (χ4v) is 1.82. The van der Waals surface area contributed by atoms with Crippen LogP contribution in [0.1, 0.15) is 18.9 Å². The van der Waals surface area contributed by atoms with Gasteiger partial charge in [0.25, 0.3) is 0 Å². The monoisotopic (exact) mass is 313 g/mol. The maximum atomic E-state index is 6.08. The van der Waals surface area contributed by atoms with Crippen LogP contribution < -0.4 is 9.47 Å². The van der Waals surface area contributed by atoms with Gasteiger partial charge in [-0.2, -0.15) is 9.97 Å². The summed E-state index contributed by atoms with van der Waals surface area (Å²) >= 11 is 11.9. The average Bonchev–Trinajstić information content (AvgIpc) is 2.39. The minimum Gasteiger partial charge on any atom is -0.463 e. The lowest BCUT2D eigenvalue weighted by molar-refractivity contribution is 0.284. The number of rotatable bonds is 5. The van der Waals surface area contributed by atoms with Crippen LogP contribution in [0.15, 0.2) is 18.2 Å². The van der Waals surface area contributed by atoms with E-state index >= 15 is 0 Å². The van der Waals surface area contributed by atoms with Crippen LogP contribution in [0, 0.1) is 6.92 Å². The van der Waals surface area contributed by atoms with Crippen molar-refractivity contribution in [3.8, 4) is 17.8 Å². The highest BCUT2D eigenvalue weighted by Crippen LogP contribution is 2.29. The normalized spacial score (nSPS) is 10.4. The van der Waals surface area contributed by atoms with E-state index in [9.17, 15) is 0 Å². The van der Waals surface area contributed by atoms with Crippen molar-refractivity contribution in [2.75, 3.05) is 6.61 Å². The first-order valence-electron chi connectivity index (χ1n) is 6.07. The van der Waals surface area contributed by atoms with Gasteiger partial charge in [0, 0.05) is 0 Å². The molecule has 0 atom stereocenters. The fraction of sp³-hybridized carbons (Fsp3) is 0.308. The van der Waals surface area contributed by atoms with Crippen molar-refractivity contribution in [1.29, 1.82) is 0 Å². The van der Waals surface area contributed by atoms with Crippen molar-refractivity contribution in [3.05, 3.63) is 34.1 Å². The zero-order valence-electron chi connectivity index (χ0n) is 11.1. The van der Waals surface area contributed by atoms with Crippen molar-refractivity contribution in [3.63, 3.8) is 0 Å². The topological polar surface area (TPSA) is 57.1 Å². The molecule has 2 rings (SSSR count). The number of hydrogen-bond donors (Lipinski definition) is 0. The van der Waals surface area contributed by atoms with Crippen LogP contribution in [-0.2, 0) is 0 Å². The molecule has 0 radical (unpaired) electrons. The van der Waals surface area contributed by atoms with E-state index < -0.39 is 0 Å². The van der Waals surface area contributed by atoms with Gasteiger partial charge in [0.1, 0.15) is 5.75 Å². The summed E-state index contributed by atoms with van der Waals surface area (Å²) in [6.45, 7) is 4.41. The Morgan fingerprint density at radius 2 is 1.85 bits per heavy atom. The molecule has 0 amide bonds. The van der Waals surface area contributed by atoms with Crippen LogP contribution in [0.2, 0.25) is 10.3 Å². The molecule has 20 heavy (non-hydrogen) atoms. The Labute approximate surface area is 126 Å². The Morgan fingerprint density at radius 3 is 2.55 bits per heavy atom. The van der Waals surface area contributed by atoms with Crippen molar-refractivity contribution >= 4 is 23.2 Å². The van der Waals surface area contributed by atoms with Gasteiger partial charge in [-0.25, -0.2) is 0 Å². The van der Waals surface area contributed by atoms with Crippen LogP contribution >= 0.6 is 23.2 Å². The van der Waals surface area contributed by atoms with E-state index in [0.717, 1.165) is 12.0 Å². The molecule has 1 aromatic heterocycles. The molecule has 0 aliphatic rings. The Kier molecular flexibility index (Phi) is 4.98. The number of nitrogens with zero attached hydrogens (tertiary/aromatic N) is 3. The summed E-state index contributed by atoms with van der Waals surface area (Å²) in [5, 5.41) is 0.474. The lowest BCUT2D eigenvalue weighted by atomic mass is 10.2. The average molecular weight is 314 g/mol. The molecule has 1 aromatic carbocycles. The number of benzene rings is 1. The molecule has 1 heterocycles. The van der Waals surface area contributed by atoms with Gasteiger partial charge in [0.2, 0.25) is 5.28 Å². The number of halogens is 2. The molecule has 0 unspecified atom stereocenters. The Balaban J connectivity index is 2.21. The third-order valence-electron chi connectivity index (χ3n) is 2.29. The lowest BCUT2D eigenvalue weighted by Crippen LogP contribution is -2.03. The molecule has 0 bridgehead atoms. The first-order valence-corrected chi connectivity index (χ1v) is 6.82. The summed E-state index contributed by atoms with van der Waals surface area (Å²) in [5.74, 6) is 0.445. The van der Waals surface area contributed by atoms with Gasteiger partial charge in [-0.1, -0.05) is 24.6 Å². The van der Waals surface area contributed by atoms with E-state index in [4.69, 9.17) is 32.7 Å². The predicted octanol–water partition coefficient (Wildman–Crippen LogP) is 4.07. The summed E-state index contributed by atoms with van der Waals surface area (Å²) in [6, 6.07) is 5.57. The van der Waals surface area contributed by atoms with Gasteiger partial charge in [-0.15, -0.1) is 4.98 Å². The maximum Gasteiger partial charge on any atom is 0.329 e. The number of hydrogen-bond acceptors (Lipinski definition) is 5. The lowest BCUT2D eigenvalue weighted by Gasteiger charge is -2.08. The summed E-state index contributed by atoms with van der Waals surface area (Å²) < 4.78 is 10.8. The molecule has 0 aliphatic heterocycles. The second kappa shape index (κ2) is 6.72. The van der Waals surface area contributed by atoms with E-state index in [1.54, 1.807) is 12.1 Å². The van der Waals surface area contributed by atoms with Gasteiger partial charge < -0.3 is 9.47 Å². The number of ether oxygens (including phenoxy) is 2. The van der Waals surface area contributed by atoms with Crippen LogP contribution in [0.25, 0.3) is 0 Å². The highest BCUT2D eigenvalue weighted by molar-refractivity contribution is 6.32. The molecule has 5 nitrogen and oxygen atoms in total. The van der Waals surface area contributed by atoms with Gasteiger partial charge >= 0.3 is 12.0 Å². The Morgan fingerprint density at radius 1 is 1.10 bits per heavy atom. The quantitative estimate of drug-likeness (QED) is 0.832. The highest BCUT2D eigenvalue weighted by atomic mass is 35.5. The predicted molar refractivity (Wildman–Crippen MR) is 76.9 cm³/mol. The van der Waals surface area contributed by atoms with E-state index in [0.29, 0.717) is 17.4 Å². The molecule has 0 N–H and O–H groups in total. The summed E-state index contributed by atoms with van der Waals surface area (Å²) in [4.78, 5) is 11.8. The molecule has 0 fully saturated rings. The molecular formula is C13H13Cl2N3O2. The summed E-state index contributed by atoms with van der Waals surface area (Å²) in [5.41, 5.74) is 1.03. The summed E-state index contributed by atoms with van der Waals surface area (Å²) in [7, 11) is 0. The van der Waals surface area contributed by atoms with Crippen LogP contribution in [-0.4, -0.2) is 21.6 Å². The van der Waals surface area contributed by atoms with Crippen LogP contribution in [0.3, 0.4) is 0 Å². The first-order chi connectivity index (χ1) is 9.58. The van der Waals surface area contributed by atoms with E-state index in [1.165, 1.54) is 0 Å². The second-order valence-electron chi connectivity index (χ2n) is 4.05. The first kappa shape index (κ1) is 14.8. The molecule has 7 heteroatoms. The maximum absolute atomic E-state index is 6.08. The van der Waals surface area contributed by atoms with Crippen molar-refractivity contribution in [2.24, 2.45) is 0 Å². The van der Waals surface area contributed by atoms with Gasteiger partial charge in [-0.3, -0.25) is 0 Å².